The second-order valence-electron chi connectivity index (χ2n) is 8.38. The van der Waals surface area contributed by atoms with Crippen molar-refractivity contribution in [2.75, 3.05) is 13.4 Å². The van der Waals surface area contributed by atoms with Crippen LogP contribution in [0.4, 0.5) is 4.79 Å². The summed E-state index contributed by atoms with van der Waals surface area (Å²) < 4.78 is 11.0. The smallest absolute Gasteiger partial charge is 0.322 e. The average Bonchev–Trinajstić information content (AvgIpc) is 3.41. The van der Waals surface area contributed by atoms with Gasteiger partial charge in [-0.1, -0.05) is 47.6 Å². The summed E-state index contributed by atoms with van der Waals surface area (Å²) in [5.74, 6) is 1.59. The molecule has 0 fully saturated rings. The first-order valence-corrected chi connectivity index (χ1v) is 12.7. The number of nitrogens with one attached hydrogen (secondary N) is 1. The van der Waals surface area contributed by atoms with Crippen LogP contribution in [0.15, 0.2) is 94.0 Å². The summed E-state index contributed by atoms with van der Waals surface area (Å²) in [7, 11) is 1.63. The predicted octanol–water partition coefficient (Wildman–Crippen LogP) is 6.16. The standard InChI is InChI=1S/C28H26N4O3S/c1-18-24(27-30-26(31-35-27)21-11-13-22(34-2)14-12-21)25(20-7-5-4-6-8-20)29-28(33)32(18)17-19-9-15-23(36-3)16-10-19/h4-16,25H,17H2,1-3H3,(H,29,33). The molecule has 1 N–H and O–H groups in total. The molecule has 0 bridgehead atoms. The number of hydrogen-bond acceptors (Lipinski definition) is 6. The van der Waals surface area contributed by atoms with Crippen molar-refractivity contribution in [2.45, 2.75) is 24.4 Å². The normalized spacial score (nSPS) is 15.7. The summed E-state index contributed by atoms with van der Waals surface area (Å²) >= 11 is 1.69. The minimum absolute atomic E-state index is 0.172. The van der Waals surface area contributed by atoms with Crippen molar-refractivity contribution in [3.05, 3.63) is 102 Å². The second-order valence-corrected chi connectivity index (χ2v) is 9.26. The van der Waals surface area contributed by atoms with Gasteiger partial charge in [-0.25, -0.2) is 4.79 Å². The van der Waals surface area contributed by atoms with Crippen molar-refractivity contribution >= 4 is 23.4 Å². The van der Waals surface area contributed by atoms with Gasteiger partial charge in [0.05, 0.1) is 25.3 Å². The van der Waals surface area contributed by atoms with Crippen LogP contribution in [-0.4, -0.2) is 34.4 Å². The maximum absolute atomic E-state index is 13.3. The van der Waals surface area contributed by atoms with E-state index in [9.17, 15) is 4.79 Å². The third-order valence-electron chi connectivity index (χ3n) is 6.23. The van der Waals surface area contributed by atoms with Crippen molar-refractivity contribution in [1.82, 2.24) is 20.4 Å². The molecule has 0 radical (unpaired) electrons. The predicted molar refractivity (Wildman–Crippen MR) is 140 cm³/mol. The number of hydrogen-bond donors (Lipinski definition) is 1. The van der Waals surface area contributed by atoms with Gasteiger partial charge in [0.1, 0.15) is 5.75 Å². The van der Waals surface area contributed by atoms with Crippen LogP contribution in [0.2, 0.25) is 0 Å². The first kappa shape index (κ1) is 23.7. The third-order valence-corrected chi connectivity index (χ3v) is 6.98. The largest absolute Gasteiger partial charge is 0.497 e. The number of rotatable bonds is 7. The number of nitrogens with zero attached hydrogens (tertiary/aromatic N) is 3. The maximum Gasteiger partial charge on any atom is 0.322 e. The van der Waals surface area contributed by atoms with Crippen molar-refractivity contribution in [2.24, 2.45) is 0 Å². The molecule has 1 aliphatic heterocycles. The van der Waals surface area contributed by atoms with E-state index in [4.69, 9.17) is 14.2 Å². The van der Waals surface area contributed by atoms with Gasteiger partial charge in [0.25, 0.3) is 5.89 Å². The molecule has 2 amide bonds. The van der Waals surface area contributed by atoms with Gasteiger partial charge in [0.2, 0.25) is 5.82 Å². The Kier molecular flexibility index (Phi) is 6.77. The molecule has 36 heavy (non-hydrogen) atoms. The molecule has 0 aliphatic carbocycles. The number of thioether (sulfide) groups is 1. The Bertz CT molecular complexity index is 1380. The minimum Gasteiger partial charge on any atom is -0.497 e. The molecule has 0 spiro atoms. The fourth-order valence-electron chi connectivity index (χ4n) is 4.25. The van der Waals surface area contributed by atoms with E-state index < -0.39 is 6.04 Å². The number of benzene rings is 3. The number of amides is 2. The average molecular weight is 499 g/mol. The highest BCUT2D eigenvalue weighted by atomic mass is 32.2. The molecule has 1 unspecified atom stereocenters. The molecule has 4 aromatic rings. The van der Waals surface area contributed by atoms with Gasteiger partial charge >= 0.3 is 6.03 Å². The summed E-state index contributed by atoms with van der Waals surface area (Å²) in [6.45, 7) is 2.36. The third kappa shape index (κ3) is 4.72. The Morgan fingerprint density at radius 2 is 1.75 bits per heavy atom. The van der Waals surface area contributed by atoms with Gasteiger partial charge in [-0.15, -0.1) is 11.8 Å². The highest BCUT2D eigenvalue weighted by Crippen LogP contribution is 2.38. The van der Waals surface area contributed by atoms with E-state index in [0.717, 1.165) is 33.7 Å². The van der Waals surface area contributed by atoms with E-state index in [1.54, 1.807) is 23.8 Å². The first-order chi connectivity index (χ1) is 17.6. The van der Waals surface area contributed by atoms with Crippen LogP contribution in [0.5, 0.6) is 5.75 Å². The molecule has 1 atom stereocenters. The van der Waals surface area contributed by atoms with Crippen molar-refractivity contribution in [3.8, 4) is 17.1 Å². The zero-order valence-electron chi connectivity index (χ0n) is 20.3. The summed E-state index contributed by atoms with van der Waals surface area (Å²) in [5, 5.41) is 7.38. The molecule has 1 aromatic heterocycles. The van der Waals surface area contributed by atoms with Crippen molar-refractivity contribution < 1.29 is 14.1 Å². The molecule has 182 valence electrons. The minimum atomic E-state index is -0.419. The van der Waals surface area contributed by atoms with Gasteiger partial charge in [-0.2, -0.15) is 4.98 Å². The van der Waals surface area contributed by atoms with Gasteiger partial charge in [-0.3, -0.25) is 4.90 Å². The number of ether oxygens (including phenoxy) is 1. The SMILES string of the molecule is COc1ccc(-c2noc(C3=C(C)N(Cc4ccc(SC)cc4)C(=O)NC3c3ccccc3)n2)cc1. The number of carbonyl (C=O) groups excluding carboxylic acids is 1. The number of allylic oxidation sites excluding steroid dienone is 1. The summed E-state index contributed by atoms with van der Waals surface area (Å²) in [5.41, 5.74) is 4.32. The zero-order valence-corrected chi connectivity index (χ0v) is 21.1. The number of urea groups is 1. The second kappa shape index (κ2) is 10.3. The fraction of sp³-hybridized carbons (Fsp3) is 0.179. The summed E-state index contributed by atoms with van der Waals surface area (Å²) in [4.78, 5) is 20.9. The molecular formula is C28H26N4O3S. The van der Waals surface area contributed by atoms with E-state index in [2.05, 4.69) is 22.6 Å². The van der Waals surface area contributed by atoms with Crippen LogP contribution in [0.1, 0.15) is 30.0 Å². The quantitative estimate of drug-likeness (QED) is 0.307. The van der Waals surface area contributed by atoms with E-state index in [0.29, 0.717) is 18.3 Å². The molecule has 7 nitrogen and oxygen atoms in total. The van der Waals surface area contributed by atoms with Gasteiger partial charge in [-0.05, 0) is 60.7 Å². The number of methoxy groups -OCH3 is 1. The van der Waals surface area contributed by atoms with E-state index in [1.165, 1.54) is 4.90 Å². The number of aromatic nitrogens is 2. The molecule has 1 aliphatic rings. The van der Waals surface area contributed by atoms with Gasteiger partial charge in [0, 0.05) is 16.2 Å². The lowest BCUT2D eigenvalue weighted by atomic mass is 9.94. The molecule has 0 saturated carbocycles. The van der Waals surface area contributed by atoms with Crippen LogP contribution < -0.4 is 10.1 Å². The number of carbonyl (C=O) groups is 1. The topological polar surface area (TPSA) is 80.5 Å². The van der Waals surface area contributed by atoms with Gasteiger partial charge in [0.15, 0.2) is 0 Å². The molecule has 2 heterocycles. The van der Waals surface area contributed by atoms with E-state index in [1.807, 2.05) is 79.9 Å². The monoisotopic (exact) mass is 498 g/mol. The Labute approximate surface area is 214 Å². The molecule has 5 rings (SSSR count). The van der Waals surface area contributed by atoms with Crippen molar-refractivity contribution in [3.63, 3.8) is 0 Å². The maximum atomic E-state index is 13.3. The highest BCUT2D eigenvalue weighted by Gasteiger charge is 2.35. The van der Waals surface area contributed by atoms with Crippen molar-refractivity contribution in [1.29, 1.82) is 0 Å². The summed E-state index contributed by atoms with van der Waals surface area (Å²) in [6.07, 6.45) is 2.04. The van der Waals surface area contributed by atoms with Gasteiger partial charge < -0.3 is 14.6 Å². The lowest BCUT2D eigenvalue weighted by Crippen LogP contribution is -2.45. The molecule has 8 heteroatoms. The van der Waals surface area contributed by atoms with Crippen LogP contribution >= 0.6 is 11.8 Å². The molecular weight excluding hydrogens is 472 g/mol. The lowest BCUT2D eigenvalue weighted by Gasteiger charge is -2.35. The Hall–Kier alpha value is -4.04. The molecule has 0 saturated heterocycles. The van der Waals surface area contributed by atoms with E-state index in [-0.39, 0.29) is 6.03 Å². The zero-order chi connectivity index (χ0) is 25.1. The first-order valence-electron chi connectivity index (χ1n) is 11.5. The fourth-order valence-corrected chi connectivity index (χ4v) is 4.66. The Morgan fingerprint density at radius 3 is 2.42 bits per heavy atom. The van der Waals surface area contributed by atoms with Crippen LogP contribution in [0.25, 0.3) is 17.0 Å². The highest BCUT2D eigenvalue weighted by molar-refractivity contribution is 7.98. The Morgan fingerprint density at radius 1 is 1.03 bits per heavy atom. The summed E-state index contributed by atoms with van der Waals surface area (Å²) in [6, 6.07) is 24.9. The van der Waals surface area contributed by atoms with Crippen LogP contribution in [-0.2, 0) is 6.54 Å². The Balaban J connectivity index is 1.55. The molecule has 3 aromatic carbocycles. The van der Waals surface area contributed by atoms with Crippen LogP contribution in [0.3, 0.4) is 0 Å². The van der Waals surface area contributed by atoms with Crippen LogP contribution in [0, 0.1) is 0 Å². The lowest BCUT2D eigenvalue weighted by molar-refractivity contribution is 0.203. The van der Waals surface area contributed by atoms with E-state index >= 15 is 0 Å².